The van der Waals surface area contributed by atoms with Gasteiger partial charge in [-0.1, -0.05) is 11.6 Å². The largest absolute Gasteiger partial charge is 0.496 e. The average molecular weight is 298 g/mol. The number of ether oxygens (including phenoxy) is 1. The summed E-state index contributed by atoms with van der Waals surface area (Å²) < 4.78 is 30.0. The van der Waals surface area contributed by atoms with Gasteiger partial charge in [-0.15, -0.1) is 11.6 Å². The Kier molecular flexibility index (Phi) is 6.68. The fraction of sp³-hybridized carbons (Fsp3) is 0.500. The van der Waals surface area contributed by atoms with E-state index in [9.17, 15) is 8.78 Å². The lowest BCUT2D eigenvalue weighted by Gasteiger charge is -2.22. The number of hydrogen-bond acceptors (Lipinski definition) is 2. The Hall–Kier alpha value is -0.580. The summed E-state index contributed by atoms with van der Waals surface area (Å²) in [6.07, 6.45) is -2.39. The van der Waals surface area contributed by atoms with E-state index in [-0.39, 0.29) is 6.54 Å². The number of methoxy groups -OCH3 is 1. The second-order valence-corrected chi connectivity index (χ2v) is 4.59. The Labute approximate surface area is 115 Å². The first kappa shape index (κ1) is 15.5. The highest BCUT2D eigenvalue weighted by atomic mass is 35.5. The van der Waals surface area contributed by atoms with E-state index in [0.717, 1.165) is 5.56 Å². The first-order valence-electron chi connectivity index (χ1n) is 5.45. The molecule has 6 heteroatoms. The van der Waals surface area contributed by atoms with Crippen LogP contribution in [-0.4, -0.2) is 37.4 Å². The topological polar surface area (TPSA) is 12.5 Å². The van der Waals surface area contributed by atoms with Crippen molar-refractivity contribution in [1.82, 2.24) is 4.90 Å². The van der Waals surface area contributed by atoms with Gasteiger partial charge in [-0.25, -0.2) is 8.78 Å². The number of nitrogens with zero attached hydrogens (tertiary/aromatic N) is 1. The Bertz CT molecular complexity index is 377. The van der Waals surface area contributed by atoms with Crippen molar-refractivity contribution in [1.29, 1.82) is 0 Å². The van der Waals surface area contributed by atoms with E-state index in [0.29, 0.717) is 29.7 Å². The van der Waals surface area contributed by atoms with Crippen molar-refractivity contribution in [3.05, 3.63) is 28.8 Å². The van der Waals surface area contributed by atoms with Gasteiger partial charge in [0.1, 0.15) is 5.75 Å². The van der Waals surface area contributed by atoms with Crippen molar-refractivity contribution in [2.24, 2.45) is 0 Å². The van der Waals surface area contributed by atoms with Crippen LogP contribution in [0.4, 0.5) is 8.78 Å². The molecule has 0 aromatic heterocycles. The minimum atomic E-state index is -2.39. The zero-order chi connectivity index (χ0) is 13.5. The van der Waals surface area contributed by atoms with Crippen molar-refractivity contribution in [3.63, 3.8) is 0 Å². The van der Waals surface area contributed by atoms with Gasteiger partial charge in [-0.2, -0.15) is 0 Å². The maximum Gasteiger partial charge on any atom is 0.251 e. The summed E-state index contributed by atoms with van der Waals surface area (Å²) in [5.74, 6) is 0.934. The SMILES string of the molecule is COc1ccc(Cl)cc1CN(CCCl)CC(F)F. The summed E-state index contributed by atoms with van der Waals surface area (Å²) >= 11 is 11.5. The number of rotatable bonds is 7. The van der Waals surface area contributed by atoms with Gasteiger partial charge >= 0.3 is 0 Å². The van der Waals surface area contributed by atoms with Crippen molar-refractivity contribution in [2.75, 3.05) is 26.1 Å². The standard InChI is InChI=1S/C12H15Cl2F2NO/c1-18-11-3-2-10(14)6-9(11)7-17(5-4-13)8-12(15)16/h2-3,6,12H,4-5,7-8H2,1H3. The van der Waals surface area contributed by atoms with Crippen LogP contribution in [0, 0.1) is 0 Å². The highest BCUT2D eigenvalue weighted by Gasteiger charge is 2.14. The molecule has 2 nitrogen and oxygen atoms in total. The summed E-state index contributed by atoms with van der Waals surface area (Å²) in [6, 6.07) is 5.13. The first-order chi connectivity index (χ1) is 8.56. The molecule has 0 atom stereocenters. The quantitative estimate of drug-likeness (QED) is 0.712. The highest BCUT2D eigenvalue weighted by molar-refractivity contribution is 6.30. The molecule has 18 heavy (non-hydrogen) atoms. The molecule has 0 spiro atoms. The molecule has 0 fully saturated rings. The van der Waals surface area contributed by atoms with Gasteiger partial charge in [0.25, 0.3) is 6.43 Å². The molecule has 0 unspecified atom stereocenters. The van der Waals surface area contributed by atoms with E-state index >= 15 is 0 Å². The minimum absolute atomic E-state index is 0.301. The van der Waals surface area contributed by atoms with Crippen molar-refractivity contribution in [3.8, 4) is 5.75 Å². The number of halogens is 4. The Morgan fingerprint density at radius 2 is 2.11 bits per heavy atom. The summed E-state index contributed by atoms with van der Waals surface area (Å²) in [6.45, 7) is 0.407. The molecule has 0 heterocycles. The molecule has 0 aliphatic heterocycles. The van der Waals surface area contributed by atoms with Gasteiger partial charge < -0.3 is 4.74 Å². The lowest BCUT2D eigenvalue weighted by atomic mass is 10.2. The maximum atomic E-state index is 12.4. The summed E-state index contributed by atoms with van der Waals surface area (Å²) in [5, 5.41) is 0.550. The van der Waals surface area contributed by atoms with Crippen LogP contribution in [0.2, 0.25) is 5.02 Å². The normalized spacial score (nSPS) is 11.3. The van der Waals surface area contributed by atoms with Gasteiger partial charge in [0.05, 0.1) is 13.7 Å². The molecular formula is C12H15Cl2F2NO. The van der Waals surface area contributed by atoms with Crippen LogP contribution in [-0.2, 0) is 6.54 Å². The fourth-order valence-electron chi connectivity index (χ4n) is 1.66. The zero-order valence-electron chi connectivity index (χ0n) is 10.0. The molecule has 0 bridgehead atoms. The van der Waals surface area contributed by atoms with Crippen molar-refractivity contribution in [2.45, 2.75) is 13.0 Å². The van der Waals surface area contributed by atoms with Crippen LogP contribution in [0.1, 0.15) is 5.56 Å². The lowest BCUT2D eigenvalue weighted by Crippen LogP contribution is -2.30. The van der Waals surface area contributed by atoms with Gasteiger partial charge in [0.2, 0.25) is 0 Å². The highest BCUT2D eigenvalue weighted by Crippen LogP contribution is 2.24. The first-order valence-corrected chi connectivity index (χ1v) is 6.37. The molecule has 102 valence electrons. The van der Waals surface area contributed by atoms with Gasteiger partial charge in [0.15, 0.2) is 0 Å². The molecule has 0 aliphatic carbocycles. The Morgan fingerprint density at radius 3 is 2.67 bits per heavy atom. The second kappa shape index (κ2) is 7.77. The maximum absolute atomic E-state index is 12.4. The second-order valence-electron chi connectivity index (χ2n) is 3.77. The molecule has 0 amide bonds. The number of hydrogen-bond donors (Lipinski definition) is 0. The monoisotopic (exact) mass is 297 g/mol. The molecule has 0 saturated heterocycles. The molecule has 1 aromatic carbocycles. The molecule has 0 saturated carbocycles. The van der Waals surface area contributed by atoms with E-state index in [1.807, 2.05) is 0 Å². The van der Waals surface area contributed by atoms with Crippen molar-refractivity contribution >= 4 is 23.2 Å². The molecule has 1 aromatic rings. The number of alkyl halides is 3. The van der Waals surface area contributed by atoms with E-state index in [2.05, 4.69) is 0 Å². The number of benzene rings is 1. The van der Waals surface area contributed by atoms with E-state index in [1.165, 1.54) is 7.11 Å². The van der Waals surface area contributed by atoms with Crippen LogP contribution in [0.15, 0.2) is 18.2 Å². The third kappa shape index (κ3) is 4.96. The smallest absolute Gasteiger partial charge is 0.251 e. The average Bonchev–Trinajstić information content (AvgIpc) is 2.28. The molecule has 0 N–H and O–H groups in total. The van der Waals surface area contributed by atoms with E-state index < -0.39 is 6.43 Å². The van der Waals surface area contributed by atoms with Gasteiger partial charge in [-0.05, 0) is 18.2 Å². The van der Waals surface area contributed by atoms with Gasteiger partial charge in [0, 0.05) is 29.6 Å². The summed E-state index contributed by atoms with van der Waals surface area (Å²) in [5.41, 5.74) is 0.774. The van der Waals surface area contributed by atoms with E-state index in [1.54, 1.807) is 23.1 Å². The molecule has 0 radical (unpaired) electrons. The predicted octanol–water partition coefficient (Wildman–Crippen LogP) is 3.65. The molecule has 0 aliphatic rings. The Balaban J connectivity index is 2.81. The zero-order valence-corrected chi connectivity index (χ0v) is 11.5. The minimum Gasteiger partial charge on any atom is -0.496 e. The molecular weight excluding hydrogens is 283 g/mol. The predicted molar refractivity (Wildman–Crippen MR) is 70.0 cm³/mol. The van der Waals surface area contributed by atoms with Crippen LogP contribution in [0.5, 0.6) is 5.75 Å². The van der Waals surface area contributed by atoms with Crippen LogP contribution >= 0.6 is 23.2 Å². The fourth-order valence-corrected chi connectivity index (χ4v) is 2.09. The van der Waals surface area contributed by atoms with Crippen LogP contribution < -0.4 is 4.74 Å². The third-order valence-electron chi connectivity index (χ3n) is 2.43. The van der Waals surface area contributed by atoms with Gasteiger partial charge in [-0.3, -0.25) is 4.90 Å². The lowest BCUT2D eigenvalue weighted by molar-refractivity contribution is 0.0874. The van der Waals surface area contributed by atoms with Crippen LogP contribution in [0.3, 0.4) is 0 Å². The van der Waals surface area contributed by atoms with E-state index in [4.69, 9.17) is 27.9 Å². The third-order valence-corrected chi connectivity index (χ3v) is 2.84. The van der Waals surface area contributed by atoms with Crippen LogP contribution in [0.25, 0.3) is 0 Å². The summed E-state index contributed by atoms with van der Waals surface area (Å²) in [4.78, 5) is 1.58. The summed E-state index contributed by atoms with van der Waals surface area (Å²) in [7, 11) is 1.53. The Morgan fingerprint density at radius 1 is 1.39 bits per heavy atom. The molecule has 1 rings (SSSR count). The van der Waals surface area contributed by atoms with Crippen molar-refractivity contribution < 1.29 is 13.5 Å².